The molecular weight excluding hydrogens is 320 g/mol. The number of nitrogens with zero attached hydrogens (tertiary/aromatic N) is 2. The van der Waals surface area contributed by atoms with Crippen LogP contribution in [-0.4, -0.2) is 23.5 Å². The largest absolute Gasteiger partial charge is 0.383 e. The number of aromatic nitrogens is 2. The van der Waals surface area contributed by atoms with Crippen LogP contribution >= 0.6 is 23.2 Å². The van der Waals surface area contributed by atoms with E-state index in [4.69, 9.17) is 27.9 Å². The average molecular weight is 332 g/mol. The van der Waals surface area contributed by atoms with Gasteiger partial charge in [-0.05, 0) is 18.2 Å². The van der Waals surface area contributed by atoms with Gasteiger partial charge in [-0.25, -0.2) is 9.07 Å². The number of halogens is 3. The Labute approximate surface area is 130 Å². The molecule has 112 valence electrons. The maximum absolute atomic E-state index is 13.1. The first-order valence-corrected chi connectivity index (χ1v) is 6.75. The summed E-state index contributed by atoms with van der Waals surface area (Å²) < 4.78 is 19.2. The number of anilines is 2. The molecule has 1 aromatic carbocycles. The van der Waals surface area contributed by atoms with Gasteiger partial charge < -0.3 is 10.1 Å². The number of hydrogen-bond acceptors (Lipinski definition) is 4. The van der Waals surface area contributed by atoms with E-state index in [0.717, 1.165) is 0 Å². The van der Waals surface area contributed by atoms with E-state index in [1.54, 1.807) is 0 Å². The molecule has 0 bridgehead atoms. The van der Waals surface area contributed by atoms with E-state index in [2.05, 4.69) is 10.4 Å². The molecule has 0 saturated heterocycles. The highest BCUT2D eigenvalue weighted by molar-refractivity contribution is 6.33. The zero-order chi connectivity index (χ0) is 15.4. The van der Waals surface area contributed by atoms with Crippen molar-refractivity contribution in [3.8, 4) is 0 Å². The van der Waals surface area contributed by atoms with E-state index in [9.17, 15) is 9.18 Å². The molecule has 0 aliphatic rings. The molecule has 2 rings (SSSR count). The smallest absolute Gasteiger partial charge is 0.287 e. The molecule has 0 aliphatic carbocycles. The number of nitrogens with one attached hydrogen (secondary N) is 1. The van der Waals surface area contributed by atoms with Crippen LogP contribution in [0.3, 0.4) is 0 Å². The van der Waals surface area contributed by atoms with Gasteiger partial charge in [0.15, 0.2) is 0 Å². The molecule has 0 spiro atoms. The van der Waals surface area contributed by atoms with Crippen LogP contribution in [0.4, 0.5) is 15.8 Å². The molecule has 0 aliphatic heterocycles. The molecular formula is C13H12Cl2FN3O2. The third-order valence-corrected chi connectivity index (χ3v) is 3.35. The maximum atomic E-state index is 13.1. The normalized spacial score (nSPS) is 10.7. The van der Waals surface area contributed by atoms with Crippen LogP contribution in [0, 0.1) is 5.82 Å². The Bertz CT molecular complexity index is 706. The fourth-order valence-electron chi connectivity index (χ4n) is 1.62. The summed E-state index contributed by atoms with van der Waals surface area (Å²) in [5, 5.41) is 6.81. The first-order valence-electron chi connectivity index (χ1n) is 5.99. The van der Waals surface area contributed by atoms with Gasteiger partial charge in [-0.2, -0.15) is 5.10 Å². The van der Waals surface area contributed by atoms with Gasteiger partial charge in [0, 0.05) is 12.8 Å². The van der Waals surface area contributed by atoms with Gasteiger partial charge in [-0.3, -0.25) is 4.79 Å². The third kappa shape index (κ3) is 3.72. The Morgan fingerprint density at radius 3 is 2.86 bits per heavy atom. The number of benzene rings is 1. The lowest BCUT2D eigenvalue weighted by molar-refractivity contribution is 0.182. The lowest BCUT2D eigenvalue weighted by Gasteiger charge is -2.10. The number of rotatable bonds is 5. The first kappa shape index (κ1) is 15.8. The molecule has 1 N–H and O–H groups in total. The molecule has 2 aromatic rings. The Hall–Kier alpha value is -1.63. The Balaban J connectivity index is 2.26. The third-order valence-electron chi connectivity index (χ3n) is 2.69. The van der Waals surface area contributed by atoms with Crippen LogP contribution in [0.5, 0.6) is 0 Å². The summed E-state index contributed by atoms with van der Waals surface area (Å²) in [5.41, 5.74) is 0.379. The van der Waals surface area contributed by atoms with Crippen molar-refractivity contribution < 1.29 is 9.13 Å². The van der Waals surface area contributed by atoms with Crippen LogP contribution in [0.25, 0.3) is 0 Å². The van der Waals surface area contributed by atoms with Crippen molar-refractivity contribution in [3.63, 3.8) is 0 Å². The fourth-order valence-corrected chi connectivity index (χ4v) is 1.99. The summed E-state index contributed by atoms with van der Waals surface area (Å²) in [6.45, 7) is 0.654. The lowest BCUT2D eigenvalue weighted by atomic mass is 10.3. The zero-order valence-electron chi connectivity index (χ0n) is 11.1. The highest BCUT2D eigenvalue weighted by Crippen LogP contribution is 2.25. The Morgan fingerprint density at radius 2 is 2.19 bits per heavy atom. The number of ether oxygens (including phenoxy) is 1. The number of methoxy groups -OCH3 is 1. The minimum Gasteiger partial charge on any atom is -0.383 e. The number of hydrogen-bond donors (Lipinski definition) is 1. The van der Waals surface area contributed by atoms with Gasteiger partial charge >= 0.3 is 0 Å². The van der Waals surface area contributed by atoms with Crippen LogP contribution < -0.4 is 10.9 Å². The molecule has 0 fully saturated rings. The van der Waals surface area contributed by atoms with Crippen molar-refractivity contribution in [1.29, 1.82) is 0 Å². The Morgan fingerprint density at radius 1 is 1.43 bits per heavy atom. The second-order valence-corrected chi connectivity index (χ2v) is 4.93. The summed E-state index contributed by atoms with van der Waals surface area (Å²) in [6, 6.07) is 4.09. The molecule has 0 saturated carbocycles. The van der Waals surface area contributed by atoms with Crippen molar-refractivity contribution in [2.45, 2.75) is 6.54 Å². The fraction of sp³-hybridized carbons (Fsp3) is 0.231. The predicted molar refractivity (Wildman–Crippen MR) is 80.1 cm³/mol. The first-order chi connectivity index (χ1) is 10.0. The van der Waals surface area contributed by atoms with E-state index >= 15 is 0 Å². The second-order valence-electron chi connectivity index (χ2n) is 4.15. The van der Waals surface area contributed by atoms with Crippen LogP contribution in [-0.2, 0) is 11.3 Å². The summed E-state index contributed by atoms with van der Waals surface area (Å²) in [4.78, 5) is 12.0. The lowest BCUT2D eigenvalue weighted by Crippen LogP contribution is -2.25. The van der Waals surface area contributed by atoms with Crippen molar-refractivity contribution in [2.24, 2.45) is 0 Å². The molecule has 21 heavy (non-hydrogen) atoms. The van der Waals surface area contributed by atoms with E-state index in [0.29, 0.717) is 24.5 Å². The minimum absolute atomic E-state index is 0.0125. The summed E-state index contributed by atoms with van der Waals surface area (Å²) in [6.07, 6.45) is 1.41. The second kappa shape index (κ2) is 6.89. The topological polar surface area (TPSA) is 56.1 Å². The van der Waals surface area contributed by atoms with Crippen molar-refractivity contribution in [2.75, 3.05) is 19.0 Å². The van der Waals surface area contributed by atoms with Gasteiger partial charge in [0.1, 0.15) is 10.8 Å². The monoisotopic (exact) mass is 331 g/mol. The highest BCUT2D eigenvalue weighted by Gasteiger charge is 2.10. The van der Waals surface area contributed by atoms with Crippen molar-refractivity contribution >= 4 is 34.6 Å². The van der Waals surface area contributed by atoms with Crippen molar-refractivity contribution in [3.05, 3.63) is 50.6 Å². The van der Waals surface area contributed by atoms with Gasteiger partial charge in [0.25, 0.3) is 5.56 Å². The van der Waals surface area contributed by atoms with Crippen LogP contribution in [0.1, 0.15) is 0 Å². The van der Waals surface area contributed by atoms with Gasteiger partial charge in [-0.15, -0.1) is 0 Å². The van der Waals surface area contributed by atoms with Gasteiger partial charge in [-0.1, -0.05) is 23.2 Å². The van der Waals surface area contributed by atoms with Crippen LogP contribution in [0.15, 0.2) is 29.2 Å². The summed E-state index contributed by atoms with van der Waals surface area (Å²) >= 11 is 11.7. The quantitative estimate of drug-likeness (QED) is 0.914. The standard InChI is InChI=1S/C13H12Cl2FN3O2/c1-21-5-4-19-13(20)12(15)11(7-17-19)18-8-2-3-10(16)9(14)6-8/h2-3,6-7,18H,4-5H2,1H3. The molecule has 1 aromatic heterocycles. The zero-order valence-corrected chi connectivity index (χ0v) is 12.6. The van der Waals surface area contributed by atoms with Gasteiger partial charge in [0.05, 0.1) is 30.1 Å². The average Bonchev–Trinajstić information content (AvgIpc) is 2.47. The molecule has 0 unspecified atom stereocenters. The molecule has 0 amide bonds. The summed E-state index contributed by atoms with van der Waals surface area (Å²) in [5.74, 6) is -0.526. The van der Waals surface area contributed by atoms with E-state index in [1.807, 2.05) is 0 Å². The SMILES string of the molecule is COCCn1ncc(Nc2ccc(F)c(Cl)c2)c(Cl)c1=O. The summed E-state index contributed by atoms with van der Waals surface area (Å²) in [7, 11) is 1.53. The molecule has 5 nitrogen and oxygen atoms in total. The van der Waals surface area contributed by atoms with Gasteiger partial charge in [0.2, 0.25) is 0 Å². The van der Waals surface area contributed by atoms with E-state index in [-0.39, 0.29) is 10.0 Å². The maximum Gasteiger partial charge on any atom is 0.287 e. The molecule has 0 radical (unpaired) electrons. The van der Waals surface area contributed by atoms with E-state index in [1.165, 1.54) is 36.2 Å². The van der Waals surface area contributed by atoms with E-state index < -0.39 is 11.4 Å². The molecule has 8 heteroatoms. The highest BCUT2D eigenvalue weighted by atomic mass is 35.5. The van der Waals surface area contributed by atoms with Crippen molar-refractivity contribution in [1.82, 2.24) is 9.78 Å². The predicted octanol–water partition coefficient (Wildman–Crippen LogP) is 3.08. The van der Waals surface area contributed by atoms with Crippen LogP contribution in [0.2, 0.25) is 10.0 Å². The minimum atomic E-state index is -0.526. The molecule has 0 atom stereocenters. The Kier molecular flexibility index (Phi) is 5.17. The molecule has 1 heterocycles.